The Hall–Kier alpha value is -1.26. The molecule has 0 aliphatic carbocycles. The second kappa shape index (κ2) is 6.61. The molecule has 0 atom stereocenters. The Bertz CT molecular complexity index is 541. The van der Waals surface area contributed by atoms with Gasteiger partial charge in [0.2, 0.25) is 0 Å². The summed E-state index contributed by atoms with van der Waals surface area (Å²) in [5.74, 6) is 0. The highest BCUT2D eigenvalue weighted by Gasteiger charge is 1.98. The lowest BCUT2D eigenvalue weighted by Gasteiger charge is -2.02. The van der Waals surface area contributed by atoms with Gasteiger partial charge in [0, 0.05) is 9.37 Å². The van der Waals surface area contributed by atoms with E-state index < -0.39 is 0 Å². The molecule has 2 nitrogen and oxygen atoms in total. The van der Waals surface area contributed by atoms with Crippen LogP contribution in [0.15, 0.2) is 63.0 Å². The van der Waals surface area contributed by atoms with Gasteiger partial charge in [0.1, 0.15) is 0 Å². The summed E-state index contributed by atoms with van der Waals surface area (Å²) >= 11 is 5.26. The van der Waals surface area contributed by atoms with Gasteiger partial charge in [0.15, 0.2) is 0 Å². The topological polar surface area (TPSA) is 24.4 Å². The minimum atomic E-state index is 0.980. The van der Waals surface area contributed by atoms with E-state index in [0.29, 0.717) is 0 Å². The fourth-order valence-corrected chi connectivity index (χ4v) is 2.80. The van der Waals surface area contributed by atoms with Gasteiger partial charge in [-0.25, -0.2) is 0 Å². The minimum absolute atomic E-state index is 0.980. The normalized spacial score (nSPS) is 10.8. The summed E-state index contributed by atoms with van der Waals surface area (Å²) in [6.07, 6.45) is 3.87. The number of nitrogens with one attached hydrogen (secondary N) is 1. The average Bonchev–Trinajstić information content (AvgIpc) is 2.40. The zero-order valence-corrected chi connectivity index (χ0v) is 12.3. The molecule has 0 amide bonds. The molecule has 0 saturated heterocycles. The van der Waals surface area contributed by atoms with Crippen LogP contribution < -0.4 is 5.43 Å². The van der Waals surface area contributed by atoms with Crippen molar-refractivity contribution >= 4 is 39.6 Å². The number of thioether (sulfide) groups is 1. The van der Waals surface area contributed by atoms with Crippen molar-refractivity contribution in [1.29, 1.82) is 0 Å². The van der Waals surface area contributed by atoms with Crippen LogP contribution in [0.4, 0.5) is 5.69 Å². The van der Waals surface area contributed by atoms with Gasteiger partial charge in [-0.2, -0.15) is 5.10 Å². The second-order valence-corrected chi connectivity index (χ2v) is 5.33. The van der Waals surface area contributed by atoms with E-state index in [1.807, 2.05) is 42.6 Å². The van der Waals surface area contributed by atoms with E-state index >= 15 is 0 Å². The van der Waals surface area contributed by atoms with Crippen molar-refractivity contribution in [2.75, 3.05) is 11.7 Å². The Kier molecular flexibility index (Phi) is 4.84. The van der Waals surface area contributed by atoms with E-state index in [9.17, 15) is 0 Å². The monoisotopic (exact) mass is 320 g/mol. The van der Waals surface area contributed by atoms with Crippen LogP contribution >= 0.6 is 27.7 Å². The molecule has 0 fully saturated rings. The summed E-state index contributed by atoms with van der Waals surface area (Å²) in [5.41, 5.74) is 5.03. The molecular weight excluding hydrogens is 308 g/mol. The molecule has 0 radical (unpaired) electrons. The van der Waals surface area contributed by atoms with Crippen molar-refractivity contribution in [2.45, 2.75) is 4.90 Å². The highest BCUT2D eigenvalue weighted by molar-refractivity contribution is 9.10. The van der Waals surface area contributed by atoms with Crippen LogP contribution in [0.2, 0.25) is 0 Å². The number of anilines is 1. The lowest BCUT2D eigenvalue weighted by molar-refractivity contribution is 1.34. The fourth-order valence-electron chi connectivity index (χ4n) is 1.46. The Morgan fingerprint density at radius 1 is 1.17 bits per heavy atom. The van der Waals surface area contributed by atoms with E-state index in [2.05, 4.69) is 44.8 Å². The van der Waals surface area contributed by atoms with Gasteiger partial charge in [0.05, 0.1) is 11.9 Å². The summed E-state index contributed by atoms with van der Waals surface area (Å²) in [5, 5.41) is 4.21. The SMILES string of the molecule is CSc1ccc(C=NNc2ccccc2)cc1Br. The van der Waals surface area contributed by atoms with Crippen molar-refractivity contribution in [2.24, 2.45) is 5.10 Å². The van der Waals surface area contributed by atoms with Crippen LogP contribution in [-0.2, 0) is 0 Å². The number of benzene rings is 2. The molecule has 2 aromatic rings. The minimum Gasteiger partial charge on any atom is -0.279 e. The van der Waals surface area contributed by atoms with Gasteiger partial charge < -0.3 is 0 Å². The molecular formula is C14H13BrN2S. The number of nitrogens with zero attached hydrogens (tertiary/aromatic N) is 1. The Labute approximate surface area is 120 Å². The third-order valence-corrected chi connectivity index (χ3v) is 4.07. The van der Waals surface area contributed by atoms with E-state index in [4.69, 9.17) is 0 Å². The van der Waals surface area contributed by atoms with E-state index in [1.165, 1.54) is 4.90 Å². The first-order valence-corrected chi connectivity index (χ1v) is 7.49. The molecule has 1 N–H and O–H groups in total. The van der Waals surface area contributed by atoms with Crippen LogP contribution in [0.1, 0.15) is 5.56 Å². The zero-order valence-electron chi connectivity index (χ0n) is 9.93. The molecule has 18 heavy (non-hydrogen) atoms. The third kappa shape index (κ3) is 3.62. The Balaban J connectivity index is 2.03. The van der Waals surface area contributed by atoms with Crippen LogP contribution in [0.5, 0.6) is 0 Å². The highest BCUT2D eigenvalue weighted by atomic mass is 79.9. The first-order valence-electron chi connectivity index (χ1n) is 5.47. The zero-order chi connectivity index (χ0) is 12.8. The standard InChI is InChI=1S/C14H13BrN2S/c1-18-14-8-7-11(9-13(14)15)10-16-17-12-5-3-2-4-6-12/h2-10,17H,1H3. The molecule has 92 valence electrons. The summed E-state index contributed by atoms with van der Waals surface area (Å²) in [7, 11) is 0. The van der Waals surface area contributed by atoms with Gasteiger partial charge >= 0.3 is 0 Å². The lowest BCUT2D eigenvalue weighted by atomic mass is 10.2. The first-order chi connectivity index (χ1) is 8.79. The molecule has 0 saturated carbocycles. The predicted octanol–water partition coefficient (Wildman–Crippen LogP) is 4.62. The number of rotatable bonds is 4. The molecule has 0 aliphatic heterocycles. The van der Waals surface area contributed by atoms with Crippen LogP contribution in [-0.4, -0.2) is 12.5 Å². The van der Waals surface area contributed by atoms with Crippen molar-refractivity contribution < 1.29 is 0 Å². The largest absolute Gasteiger partial charge is 0.279 e. The number of halogens is 1. The van der Waals surface area contributed by atoms with Crippen LogP contribution in [0.3, 0.4) is 0 Å². The third-order valence-electron chi connectivity index (χ3n) is 2.36. The maximum Gasteiger partial charge on any atom is 0.0561 e. The molecule has 2 rings (SSSR count). The van der Waals surface area contributed by atoms with Gasteiger partial charge in [-0.3, -0.25) is 5.43 Å². The summed E-state index contributed by atoms with van der Waals surface area (Å²) < 4.78 is 1.10. The van der Waals surface area contributed by atoms with E-state index in [-0.39, 0.29) is 0 Å². The van der Waals surface area contributed by atoms with Crippen molar-refractivity contribution in [3.63, 3.8) is 0 Å². The molecule has 0 unspecified atom stereocenters. The Morgan fingerprint density at radius 2 is 1.94 bits per heavy atom. The fraction of sp³-hybridized carbons (Fsp3) is 0.0714. The van der Waals surface area contributed by atoms with Gasteiger partial charge in [0.25, 0.3) is 0 Å². The van der Waals surface area contributed by atoms with E-state index in [1.54, 1.807) is 11.8 Å². The molecule has 0 heterocycles. The van der Waals surface area contributed by atoms with Gasteiger partial charge in [-0.15, -0.1) is 11.8 Å². The maximum atomic E-state index is 4.21. The highest BCUT2D eigenvalue weighted by Crippen LogP contribution is 2.25. The summed E-state index contributed by atoms with van der Waals surface area (Å²) in [6, 6.07) is 16.1. The number of hydrazone groups is 1. The average molecular weight is 321 g/mol. The van der Waals surface area contributed by atoms with Crippen LogP contribution in [0, 0.1) is 0 Å². The number of hydrogen-bond acceptors (Lipinski definition) is 3. The van der Waals surface area contributed by atoms with Crippen LogP contribution in [0.25, 0.3) is 0 Å². The maximum absolute atomic E-state index is 4.21. The first kappa shape index (κ1) is 13.2. The van der Waals surface area contributed by atoms with Gasteiger partial charge in [-0.05, 0) is 52.0 Å². The van der Waals surface area contributed by atoms with Crippen molar-refractivity contribution in [1.82, 2.24) is 0 Å². The molecule has 4 heteroatoms. The van der Waals surface area contributed by atoms with Crippen molar-refractivity contribution in [3.05, 3.63) is 58.6 Å². The number of para-hydroxylation sites is 1. The summed E-state index contributed by atoms with van der Waals surface area (Å²) in [6.45, 7) is 0. The molecule has 0 aliphatic rings. The second-order valence-electron chi connectivity index (χ2n) is 3.63. The summed E-state index contributed by atoms with van der Waals surface area (Å²) in [4.78, 5) is 1.23. The molecule has 0 spiro atoms. The van der Waals surface area contributed by atoms with E-state index in [0.717, 1.165) is 15.7 Å². The van der Waals surface area contributed by atoms with Crippen molar-refractivity contribution in [3.8, 4) is 0 Å². The molecule has 0 bridgehead atoms. The Morgan fingerprint density at radius 3 is 2.61 bits per heavy atom. The quantitative estimate of drug-likeness (QED) is 0.505. The van der Waals surface area contributed by atoms with Gasteiger partial charge in [-0.1, -0.05) is 24.3 Å². The molecule has 0 aromatic heterocycles. The lowest BCUT2D eigenvalue weighted by Crippen LogP contribution is -1.90. The predicted molar refractivity (Wildman–Crippen MR) is 83.6 cm³/mol. The molecule has 2 aromatic carbocycles. The smallest absolute Gasteiger partial charge is 0.0561 e. The number of hydrogen-bond donors (Lipinski definition) is 1.